The number of nitrogens with zero attached hydrogens (tertiary/aromatic N) is 2. The maximum atomic E-state index is 5.73. The Kier molecular flexibility index (Phi) is 2.57. The van der Waals surface area contributed by atoms with Crippen LogP contribution in [0.3, 0.4) is 0 Å². The van der Waals surface area contributed by atoms with Gasteiger partial charge in [-0.3, -0.25) is 0 Å². The van der Waals surface area contributed by atoms with Crippen molar-refractivity contribution < 1.29 is 0 Å². The Morgan fingerprint density at radius 3 is 2.93 bits per heavy atom. The smallest absolute Gasteiger partial charge is 0.130 e. The van der Waals surface area contributed by atoms with E-state index in [0.717, 1.165) is 30.5 Å². The van der Waals surface area contributed by atoms with E-state index in [1.54, 1.807) is 6.20 Å². The molecule has 1 heterocycles. The third kappa shape index (κ3) is 2.16. The Bertz CT molecular complexity index is 307. The van der Waals surface area contributed by atoms with Crippen LogP contribution in [0, 0.1) is 5.92 Å². The molecule has 0 amide bonds. The van der Waals surface area contributed by atoms with Crippen molar-refractivity contribution in [2.75, 3.05) is 23.7 Å². The molecule has 0 aromatic carbocycles. The number of nitrogen functional groups attached to an aromatic ring is 1. The van der Waals surface area contributed by atoms with Gasteiger partial charge in [0.1, 0.15) is 5.82 Å². The third-order valence-corrected chi connectivity index (χ3v) is 2.65. The Labute approximate surface area is 84.9 Å². The zero-order valence-corrected chi connectivity index (χ0v) is 8.61. The summed E-state index contributed by atoms with van der Waals surface area (Å²) in [6.07, 6.45) is 4.53. The van der Waals surface area contributed by atoms with E-state index in [-0.39, 0.29) is 0 Å². The van der Waals surface area contributed by atoms with Crippen LogP contribution in [0.25, 0.3) is 0 Å². The Morgan fingerprint density at radius 1 is 1.57 bits per heavy atom. The first-order chi connectivity index (χ1) is 6.79. The molecule has 0 unspecified atom stereocenters. The number of hydrogen-bond acceptors (Lipinski definition) is 3. The summed E-state index contributed by atoms with van der Waals surface area (Å²) in [5.41, 5.74) is 6.53. The molecule has 1 saturated carbocycles. The summed E-state index contributed by atoms with van der Waals surface area (Å²) in [6, 6.07) is 3.78. The highest BCUT2D eigenvalue weighted by atomic mass is 15.2. The van der Waals surface area contributed by atoms with Gasteiger partial charge in [-0.05, 0) is 31.7 Å². The monoisotopic (exact) mass is 191 g/mol. The largest absolute Gasteiger partial charge is 0.399 e. The van der Waals surface area contributed by atoms with Crippen LogP contribution >= 0.6 is 0 Å². The first-order valence-corrected chi connectivity index (χ1v) is 5.26. The second-order valence-corrected chi connectivity index (χ2v) is 3.93. The summed E-state index contributed by atoms with van der Waals surface area (Å²) in [5, 5.41) is 0. The van der Waals surface area contributed by atoms with Crippen LogP contribution in [0.1, 0.15) is 19.8 Å². The van der Waals surface area contributed by atoms with Crippen molar-refractivity contribution in [3.8, 4) is 0 Å². The predicted molar refractivity (Wildman–Crippen MR) is 59.3 cm³/mol. The molecule has 0 atom stereocenters. The van der Waals surface area contributed by atoms with E-state index in [4.69, 9.17) is 5.73 Å². The van der Waals surface area contributed by atoms with Crippen molar-refractivity contribution in [2.45, 2.75) is 19.8 Å². The third-order valence-electron chi connectivity index (χ3n) is 2.65. The minimum atomic E-state index is 0.796. The number of aromatic nitrogens is 1. The van der Waals surface area contributed by atoms with Crippen molar-refractivity contribution in [3.05, 3.63) is 18.3 Å². The zero-order chi connectivity index (χ0) is 9.97. The highest BCUT2D eigenvalue weighted by molar-refractivity contribution is 5.50. The van der Waals surface area contributed by atoms with Gasteiger partial charge in [-0.25, -0.2) is 4.98 Å². The maximum absolute atomic E-state index is 5.73. The fraction of sp³-hybridized carbons (Fsp3) is 0.545. The molecule has 1 aliphatic carbocycles. The molecule has 0 aliphatic heterocycles. The Hall–Kier alpha value is -1.25. The van der Waals surface area contributed by atoms with Gasteiger partial charge in [0.15, 0.2) is 0 Å². The fourth-order valence-corrected chi connectivity index (χ4v) is 1.60. The van der Waals surface area contributed by atoms with Crippen LogP contribution in [0.2, 0.25) is 0 Å². The highest BCUT2D eigenvalue weighted by Crippen LogP contribution is 2.31. The molecule has 76 valence electrons. The SMILES string of the molecule is CCN(CC1CC1)c1cc(N)ccn1. The molecule has 2 N–H and O–H groups in total. The standard InChI is InChI=1S/C11H17N3/c1-2-14(8-9-3-4-9)11-7-10(12)5-6-13-11/h5-7,9H,2-4,8H2,1H3,(H2,12,13). The summed E-state index contributed by atoms with van der Waals surface area (Å²) < 4.78 is 0. The fourth-order valence-electron chi connectivity index (χ4n) is 1.60. The van der Waals surface area contributed by atoms with Gasteiger partial charge in [0.05, 0.1) is 0 Å². The van der Waals surface area contributed by atoms with Crippen molar-refractivity contribution in [1.29, 1.82) is 0 Å². The average molecular weight is 191 g/mol. The minimum absolute atomic E-state index is 0.796. The van der Waals surface area contributed by atoms with Crippen LogP contribution in [0.5, 0.6) is 0 Å². The van der Waals surface area contributed by atoms with E-state index < -0.39 is 0 Å². The van der Waals surface area contributed by atoms with E-state index >= 15 is 0 Å². The normalized spacial score (nSPS) is 15.5. The first-order valence-electron chi connectivity index (χ1n) is 5.26. The van der Waals surface area contributed by atoms with Gasteiger partial charge in [0.25, 0.3) is 0 Å². The lowest BCUT2D eigenvalue weighted by Gasteiger charge is -2.21. The van der Waals surface area contributed by atoms with Crippen LogP contribution in [-0.2, 0) is 0 Å². The number of hydrogen-bond donors (Lipinski definition) is 1. The van der Waals surface area contributed by atoms with Gasteiger partial charge in [-0.2, -0.15) is 0 Å². The number of rotatable bonds is 4. The summed E-state index contributed by atoms with van der Waals surface area (Å²) in [5.74, 6) is 1.90. The lowest BCUT2D eigenvalue weighted by molar-refractivity contribution is 0.732. The lowest BCUT2D eigenvalue weighted by Crippen LogP contribution is -2.26. The van der Waals surface area contributed by atoms with Gasteiger partial charge in [-0.1, -0.05) is 0 Å². The minimum Gasteiger partial charge on any atom is -0.399 e. The van der Waals surface area contributed by atoms with E-state index in [0.29, 0.717) is 0 Å². The first kappa shape index (κ1) is 9.31. The average Bonchev–Trinajstić information content (AvgIpc) is 2.98. The molecular formula is C11H17N3. The van der Waals surface area contributed by atoms with Crippen LogP contribution in [0.4, 0.5) is 11.5 Å². The van der Waals surface area contributed by atoms with Crippen molar-refractivity contribution in [2.24, 2.45) is 5.92 Å². The molecule has 0 radical (unpaired) electrons. The molecular weight excluding hydrogens is 174 g/mol. The topological polar surface area (TPSA) is 42.1 Å². The summed E-state index contributed by atoms with van der Waals surface area (Å²) in [6.45, 7) is 4.30. The molecule has 0 spiro atoms. The molecule has 1 aromatic heterocycles. The van der Waals surface area contributed by atoms with Crippen molar-refractivity contribution in [3.63, 3.8) is 0 Å². The molecule has 0 bridgehead atoms. The zero-order valence-electron chi connectivity index (χ0n) is 8.61. The molecule has 3 heteroatoms. The van der Waals surface area contributed by atoms with Gasteiger partial charge >= 0.3 is 0 Å². The second-order valence-electron chi connectivity index (χ2n) is 3.93. The second kappa shape index (κ2) is 3.86. The molecule has 0 saturated heterocycles. The van der Waals surface area contributed by atoms with Gasteiger partial charge < -0.3 is 10.6 Å². The molecule has 1 aromatic rings. The van der Waals surface area contributed by atoms with Gasteiger partial charge in [-0.15, -0.1) is 0 Å². The van der Waals surface area contributed by atoms with E-state index in [1.807, 2.05) is 12.1 Å². The summed E-state index contributed by atoms with van der Waals surface area (Å²) in [7, 11) is 0. The van der Waals surface area contributed by atoms with Crippen LogP contribution in [0.15, 0.2) is 18.3 Å². The maximum Gasteiger partial charge on any atom is 0.130 e. The molecule has 14 heavy (non-hydrogen) atoms. The van der Waals surface area contributed by atoms with Gasteiger partial charge in [0.2, 0.25) is 0 Å². The van der Waals surface area contributed by atoms with Crippen molar-refractivity contribution >= 4 is 11.5 Å². The van der Waals surface area contributed by atoms with E-state index in [9.17, 15) is 0 Å². The number of nitrogens with two attached hydrogens (primary N) is 1. The summed E-state index contributed by atoms with van der Waals surface area (Å²) in [4.78, 5) is 6.64. The quantitative estimate of drug-likeness (QED) is 0.790. The Morgan fingerprint density at radius 2 is 2.36 bits per heavy atom. The van der Waals surface area contributed by atoms with E-state index in [2.05, 4.69) is 16.8 Å². The predicted octanol–water partition coefficient (Wildman–Crippen LogP) is 1.90. The highest BCUT2D eigenvalue weighted by Gasteiger charge is 2.24. The lowest BCUT2D eigenvalue weighted by atomic mass is 10.3. The van der Waals surface area contributed by atoms with E-state index in [1.165, 1.54) is 12.8 Å². The van der Waals surface area contributed by atoms with Crippen LogP contribution in [-0.4, -0.2) is 18.1 Å². The molecule has 1 fully saturated rings. The van der Waals surface area contributed by atoms with Crippen molar-refractivity contribution in [1.82, 2.24) is 4.98 Å². The number of anilines is 2. The van der Waals surface area contributed by atoms with Crippen LogP contribution < -0.4 is 10.6 Å². The van der Waals surface area contributed by atoms with Gasteiger partial charge in [0, 0.05) is 31.0 Å². The summed E-state index contributed by atoms with van der Waals surface area (Å²) >= 11 is 0. The molecule has 3 nitrogen and oxygen atoms in total. The molecule has 1 aliphatic rings. The molecule has 2 rings (SSSR count). The Balaban J connectivity index is 2.08. The number of pyridine rings is 1.